The molecule has 0 bridgehead atoms. The molecule has 1 aromatic carbocycles. The van der Waals surface area contributed by atoms with E-state index in [1.807, 2.05) is 13.8 Å². The number of nitro benzene ring substituents is 1. The highest BCUT2D eigenvalue weighted by Crippen LogP contribution is 2.21. The van der Waals surface area contributed by atoms with Gasteiger partial charge in [-0.2, -0.15) is 5.10 Å². The van der Waals surface area contributed by atoms with E-state index in [1.165, 1.54) is 12.1 Å². The average molecular weight is 289 g/mol. The molecule has 0 radical (unpaired) electrons. The number of hydrogen-bond acceptors (Lipinski definition) is 4. The lowest BCUT2D eigenvalue weighted by molar-refractivity contribution is -0.384. The molecular weight excluding hydrogens is 274 g/mol. The summed E-state index contributed by atoms with van der Waals surface area (Å²) in [4.78, 5) is 20.9. The molecule has 7 nitrogen and oxygen atoms in total. The Balaban J connectivity index is 2.34. The minimum Gasteiger partial charge on any atom is -0.481 e. The summed E-state index contributed by atoms with van der Waals surface area (Å²) >= 11 is 0. The van der Waals surface area contributed by atoms with Crippen LogP contribution in [0.25, 0.3) is 5.69 Å². The third kappa shape index (κ3) is 3.07. The lowest BCUT2D eigenvalue weighted by atomic mass is 10.1. The number of benzene rings is 1. The summed E-state index contributed by atoms with van der Waals surface area (Å²) in [7, 11) is 0. The molecule has 2 rings (SSSR count). The van der Waals surface area contributed by atoms with Gasteiger partial charge < -0.3 is 5.11 Å². The van der Waals surface area contributed by atoms with Crippen LogP contribution in [0.3, 0.4) is 0 Å². The SMILES string of the molecule is Cc1nn(-c2ccc([N+](=O)[O-])cc2)c(C)c1CCC(=O)O. The number of carbonyl (C=O) groups is 1. The van der Waals surface area contributed by atoms with Gasteiger partial charge in [-0.25, -0.2) is 4.68 Å². The molecule has 1 N–H and O–H groups in total. The largest absolute Gasteiger partial charge is 0.481 e. The Morgan fingerprint density at radius 1 is 1.33 bits per heavy atom. The molecule has 0 unspecified atom stereocenters. The van der Waals surface area contributed by atoms with Crippen LogP contribution in [0.4, 0.5) is 5.69 Å². The smallest absolute Gasteiger partial charge is 0.303 e. The third-order valence-electron chi connectivity index (χ3n) is 3.34. The van der Waals surface area contributed by atoms with Crippen LogP contribution in [0, 0.1) is 24.0 Å². The van der Waals surface area contributed by atoms with E-state index in [0.717, 1.165) is 17.0 Å². The Bertz CT molecular complexity index is 689. The summed E-state index contributed by atoms with van der Waals surface area (Å²) in [5.41, 5.74) is 3.25. The van der Waals surface area contributed by atoms with E-state index in [9.17, 15) is 14.9 Å². The second-order valence-corrected chi connectivity index (χ2v) is 4.73. The summed E-state index contributed by atoms with van der Waals surface area (Å²) in [5.74, 6) is -0.850. The number of aromatic nitrogens is 2. The number of aliphatic carboxylic acids is 1. The first-order valence-electron chi connectivity index (χ1n) is 6.42. The maximum Gasteiger partial charge on any atom is 0.303 e. The number of carboxylic acid groups (broad SMARTS) is 1. The van der Waals surface area contributed by atoms with Gasteiger partial charge in [-0.15, -0.1) is 0 Å². The summed E-state index contributed by atoms with van der Waals surface area (Å²) < 4.78 is 1.68. The number of hydrogen-bond donors (Lipinski definition) is 1. The molecule has 1 heterocycles. The van der Waals surface area contributed by atoms with Crippen LogP contribution in [0.5, 0.6) is 0 Å². The molecule has 21 heavy (non-hydrogen) atoms. The van der Waals surface area contributed by atoms with Gasteiger partial charge in [0.1, 0.15) is 0 Å². The molecule has 0 saturated heterocycles. The standard InChI is InChI=1S/C14H15N3O4/c1-9-13(7-8-14(18)19)10(2)16(15-9)11-3-5-12(6-4-11)17(20)21/h3-6H,7-8H2,1-2H3,(H,18,19). The Hall–Kier alpha value is -2.70. The lowest BCUT2D eigenvalue weighted by Crippen LogP contribution is -2.01. The zero-order chi connectivity index (χ0) is 15.6. The van der Waals surface area contributed by atoms with E-state index in [0.29, 0.717) is 12.1 Å². The third-order valence-corrected chi connectivity index (χ3v) is 3.34. The molecule has 0 atom stereocenters. The molecule has 7 heteroatoms. The maximum atomic E-state index is 10.7. The van der Waals surface area contributed by atoms with Gasteiger partial charge in [-0.1, -0.05) is 0 Å². The van der Waals surface area contributed by atoms with Crippen LogP contribution in [0.2, 0.25) is 0 Å². The highest BCUT2D eigenvalue weighted by Gasteiger charge is 2.14. The number of aryl methyl sites for hydroxylation is 1. The van der Waals surface area contributed by atoms with Gasteiger partial charge in [0, 0.05) is 24.2 Å². The first kappa shape index (κ1) is 14.7. The van der Waals surface area contributed by atoms with Crippen molar-refractivity contribution in [1.82, 2.24) is 9.78 Å². The predicted molar refractivity (Wildman–Crippen MR) is 75.6 cm³/mol. The fraction of sp³-hybridized carbons (Fsp3) is 0.286. The number of non-ortho nitro benzene ring substituents is 1. The van der Waals surface area contributed by atoms with Gasteiger partial charge in [0.25, 0.3) is 5.69 Å². The molecule has 0 aliphatic rings. The van der Waals surface area contributed by atoms with Gasteiger partial charge in [0.15, 0.2) is 0 Å². The van der Waals surface area contributed by atoms with Crippen LogP contribution in [-0.2, 0) is 11.2 Å². The van der Waals surface area contributed by atoms with Crippen LogP contribution < -0.4 is 0 Å². The molecule has 0 amide bonds. The van der Waals surface area contributed by atoms with Crippen molar-refractivity contribution in [3.63, 3.8) is 0 Å². The number of carboxylic acids is 1. The highest BCUT2D eigenvalue weighted by atomic mass is 16.6. The van der Waals surface area contributed by atoms with E-state index in [-0.39, 0.29) is 12.1 Å². The summed E-state index contributed by atoms with van der Waals surface area (Å²) in [5, 5.41) is 23.8. The number of rotatable bonds is 5. The van der Waals surface area contributed by atoms with E-state index in [4.69, 9.17) is 5.11 Å². The first-order chi connectivity index (χ1) is 9.90. The molecule has 0 spiro atoms. The topological polar surface area (TPSA) is 98.3 Å². The maximum absolute atomic E-state index is 10.7. The van der Waals surface area contributed by atoms with Crippen LogP contribution in [-0.4, -0.2) is 25.8 Å². The van der Waals surface area contributed by atoms with Crippen LogP contribution >= 0.6 is 0 Å². The zero-order valence-corrected chi connectivity index (χ0v) is 11.7. The van der Waals surface area contributed by atoms with Crippen LogP contribution in [0.1, 0.15) is 23.4 Å². The molecule has 0 aliphatic heterocycles. The van der Waals surface area contributed by atoms with E-state index < -0.39 is 10.9 Å². The first-order valence-corrected chi connectivity index (χ1v) is 6.42. The molecule has 2 aromatic rings. The van der Waals surface area contributed by atoms with Gasteiger partial charge in [0.05, 0.1) is 16.3 Å². The Morgan fingerprint density at radius 2 is 1.95 bits per heavy atom. The molecule has 0 aliphatic carbocycles. The summed E-state index contributed by atoms with van der Waals surface area (Å²) in [6, 6.07) is 6.09. The lowest BCUT2D eigenvalue weighted by Gasteiger charge is -2.05. The van der Waals surface area contributed by atoms with Gasteiger partial charge in [-0.05, 0) is 38.0 Å². The summed E-state index contributed by atoms with van der Waals surface area (Å²) in [6.45, 7) is 3.69. The molecule has 0 saturated carbocycles. The van der Waals surface area contributed by atoms with Crippen molar-refractivity contribution in [3.8, 4) is 5.69 Å². The quantitative estimate of drug-likeness (QED) is 0.673. The molecular formula is C14H15N3O4. The minimum absolute atomic E-state index is 0.0198. The highest BCUT2D eigenvalue weighted by molar-refractivity contribution is 5.67. The second-order valence-electron chi connectivity index (χ2n) is 4.73. The fourth-order valence-electron chi connectivity index (χ4n) is 2.24. The Morgan fingerprint density at radius 3 is 2.48 bits per heavy atom. The Kier molecular flexibility index (Phi) is 4.02. The second kappa shape index (κ2) is 5.74. The average Bonchev–Trinajstić information content (AvgIpc) is 2.72. The van der Waals surface area contributed by atoms with Crippen molar-refractivity contribution in [2.75, 3.05) is 0 Å². The molecule has 1 aromatic heterocycles. The van der Waals surface area contributed by atoms with Crippen molar-refractivity contribution in [2.45, 2.75) is 26.7 Å². The van der Waals surface area contributed by atoms with E-state index in [2.05, 4.69) is 5.10 Å². The number of nitrogens with zero attached hydrogens (tertiary/aromatic N) is 3. The van der Waals surface area contributed by atoms with Gasteiger partial charge in [0.2, 0.25) is 0 Å². The normalized spacial score (nSPS) is 10.6. The van der Waals surface area contributed by atoms with Crippen molar-refractivity contribution < 1.29 is 14.8 Å². The van der Waals surface area contributed by atoms with Crippen LogP contribution in [0.15, 0.2) is 24.3 Å². The van der Waals surface area contributed by atoms with Crippen molar-refractivity contribution in [3.05, 3.63) is 51.3 Å². The predicted octanol–water partition coefficient (Wildman–Crippen LogP) is 2.41. The molecule has 110 valence electrons. The van der Waals surface area contributed by atoms with Crippen molar-refractivity contribution in [1.29, 1.82) is 0 Å². The van der Waals surface area contributed by atoms with Crippen molar-refractivity contribution >= 4 is 11.7 Å². The minimum atomic E-state index is -0.850. The zero-order valence-electron chi connectivity index (χ0n) is 11.7. The number of nitro groups is 1. The van der Waals surface area contributed by atoms with E-state index >= 15 is 0 Å². The summed E-state index contributed by atoms with van der Waals surface area (Å²) in [6.07, 6.45) is 0.466. The van der Waals surface area contributed by atoms with Gasteiger partial charge >= 0.3 is 5.97 Å². The van der Waals surface area contributed by atoms with Crippen molar-refractivity contribution in [2.24, 2.45) is 0 Å². The van der Waals surface area contributed by atoms with Gasteiger partial charge in [-0.3, -0.25) is 14.9 Å². The molecule has 0 fully saturated rings. The monoisotopic (exact) mass is 289 g/mol. The van der Waals surface area contributed by atoms with E-state index in [1.54, 1.807) is 16.8 Å². The fourth-order valence-corrected chi connectivity index (χ4v) is 2.24. The Labute approximate surface area is 121 Å².